The predicted octanol–water partition coefficient (Wildman–Crippen LogP) is 4.88. The van der Waals surface area contributed by atoms with Crippen LogP contribution in [0.4, 0.5) is 18.4 Å². The molecule has 0 spiro atoms. The van der Waals surface area contributed by atoms with Gasteiger partial charge in [0, 0.05) is 24.5 Å². The molecule has 0 bridgehead atoms. The quantitative estimate of drug-likeness (QED) is 0.459. The van der Waals surface area contributed by atoms with E-state index in [2.05, 4.69) is 21.2 Å². The number of nitrogens with one attached hydrogen (secondary N) is 1. The number of ether oxygens (including phenoxy) is 1. The second-order valence-electron chi connectivity index (χ2n) is 13.8. The second-order valence-corrected chi connectivity index (χ2v) is 13.8. The highest BCUT2D eigenvalue weighted by molar-refractivity contribution is 5.68. The van der Waals surface area contributed by atoms with Crippen molar-refractivity contribution in [1.82, 2.24) is 20.0 Å². The number of piperidine rings is 1. The largest absolute Gasteiger partial charge is 0.465 e. The lowest BCUT2D eigenvalue weighted by Gasteiger charge is -2.54. The van der Waals surface area contributed by atoms with E-state index in [9.17, 15) is 14.0 Å². The molecular weight excluding hydrogens is 530 g/mol. The molecule has 3 saturated heterocycles. The Morgan fingerprint density at radius 1 is 1.05 bits per heavy atom. The van der Waals surface area contributed by atoms with Crippen LogP contribution in [0.3, 0.4) is 0 Å². The summed E-state index contributed by atoms with van der Waals surface area (Å²) in [6.45, 7) is 9.89. The number of rotatable bonds is 8. The Hall–Kier alpha value is -2.46. The molecule has 4 aliphatic rings. The van der Waals surface area contributed by atoms with Gasteiger partial charge in [0.15, 0.2) is 5.67 Å². The first-order chi connectivity index (χ1) is 19.4. The number of carbonyl (C=O) groups excluding carboxylic acids is 1. The number of alkyl carbamates (subject to hydrolysis) is 1. The van der Waals surface area contributed by atoms with Crippen LogP contribution < -0.4 is 5.32 Å². The number of hydrogen-bond acceptors (Lipinski definition) is 5. The van der Waals surface area contributed by atoms with Crippen molar-refractivity contribution in [2.45, 2.75) is 82.0 Å². The minimum atomic E-state index is -1.50. The molecule has 3 heterocycles. The van der Waals surface area contributed by atoms with Gasteiger partial charge in [-0.1, -0.05) is 18.6 Å². The van der Waals surface area contributed by atoms with Crippen LogP contribution in [0.5, 0.6) is 0 Å². The molecule has 10 heteroatoms. The van der Waals surface area contributed by atoms with E-state index in [0.717, 1.165) is 68.6 Å². The zero-order valence-corrected chi connectivity index (χ0v) is 24.7. The minimum absolute atomic E-state index is 0.0788. The predicted molar refractivity (Wildman–Crippen MR) is 152 cm³/mol. The Morgan fingerprint density at radius 2 is 1.76 bits per heavy atom. The maximum absolute atomic E-state index is 15.3. The molecule has 1 unspecified atom stereocenters. The fourth-order valence-electron chi connectivity index (χ4n) is 7.87. The summed E-state index contributed by atoms with van der Waals surface area (Å²) in [7, 11) is 0. The Kier molecular flexibility index (Phi) is 8.54. The van der Waals surface area contributed by atoms with Gasteiger partial charge in [-0.2, -0.15) is 0 Å². The third-order valence-electron chi connectivity index (χ3n) is 9.72. The van der Waals surface area contributed by atoms with Gasteiger partial charge in [-0.25, -0.2) is 18.4 Å². The average Bonchev–Trinajstić information content (AvgIpc) is 3.29. The lowest BCUT2D eigenvalue weighted by Crippen LogP contribution is -2.65. The zero-order chi connectivity index (χ0) is 29.4. The summed E-state index contributed by atoms with van der Waals surface area (Å²) in [5, 5.41) is 12.3. The third-order valence-corrected chi connectivity index (χ3v) is 9.72. The molecule has 3 aliphatic heterocycles. The molecule has 3 atom stereocenters. The number of halogens is 2. The molecule has 5 rings (SSSR count). The molecule has 0 radical (unpaired) electrons. The molecular formula is C31H46F2N4O4. The summed E-state index contributed by atoms with van der Waals surface area (Å²) < 4.78 is 35.8. The second kappa shape index (κ2) is 11.7. The summed E-state index contributed by atoms with van der Waals surface area (Å²) in [5.74, 6) is 0.0757. The number of nitrogens with zero attached hydrogens (tertiary/aromatic N) is 3. The summed E-state index contributed by atoms with van der Waals surface area (Å²) in [6, 6.07) is 6.96. The molecule has 1 aromatic carbocycles. The van der Waals surface area contributed by atoms with E-state index in [1.165, 1.54) is 6.07 Å². The van der Waals surface area contributed by atoms with Gasteiger partial charge < -0.3 is 25.0 Å². The van der Waals surface area contributed by atoms with Crippen molar-refractivity contribution in [2.75, 3.05) is 52.4 Å². The fourth-order valence-corrected chi connectivity index (χ4v) is 7.87. The Bertz CT molecular complexity index is 1100. The number of carboxylic acid groups (broad SMARTS) is 1. The lowest BCUT2D eigenvalue weighted by molar-refractivity contribution is -0.0516. The first-order valence-electron chi connectivity index (χ1n) is 15.2. The zero-order valence-electron chi connectivity index (χ0n) is 24.7. The van der Waals surface area contributed by atoms with Gasteiger partial charge in [-0.15, -0.1) is 0 Å². The maximum atomic E-state index is 15.3. The van der Waals surface area contributed by atoms with Gasteiger partial charge in [-0.3, -0.25) is 4.90 Å². The van der Waals surface area contributed by atoms with Crippen LogP contribution >= 0.6 is 0 Å². The van der Waals surface area contributed by atoms with Crippen molar-refractivity contribution in [3.63, 3.8) is 0 Å². The number of alkyl halides is 1. The van der Waals surface area contributed by atoms with Crippen LogP contribution in [0.25, 0.3) is 0 Å². The van der Waals surface area contributed by atoms with Crippen LogP contribution in [0.2, 0.25) is 0 Å². The molecule has 1 aromatic rings. The molecule has 41 heavy (non-hydrogen) atoms. The van der Waals surface area contributed by atoms with Gasteiger partial charge >= 0.3 is 12.2 Å². The number of amides is 2. The van der Waals surface area contributed by atoms with Gasteiger partial charge in [0.25, 0.3) is 0 Å². The van der Waals surface area contributed by atoms with Crippen molar-refractivity contribution in [3.8, 4) is 0 Å². The standard InChI is InChI=1S/C31H46F2N4O4/c1-29(2,3)41-27(38)34-26-10-5-9-25(26)31(21-35-13-6-14-35,23-7-4-8-24(32)17-23)22-11-15-36(16-12-22)18-30(33)19-37(20-30)28(39)40/h4,7-8,17,22,25-26H,5-6,9-16,18-21H2,1-3H3,(H,34,38)(H,39,40)/t25-,26-,31?/m0/s1. The molecule has 4 fully saturated rings. The lowest BCUT2D eigenvalue weighted by atomic mass is 9.57. The molecule has 2 amide bonds. The van der Waals surface area contributed by atoms with E-state index < -0.39 is 23.5 Å². The van der Waals surface area contributed by atoms with E-state index in [1.807, 2.05) is 20.8 Å². The SMILES string of the molecule is CC(C)(C)OC(=O)N[C@H]1CCC[C@@H]1C(CN1CCC1)(c1cccc(F)c1)C1CCN(CC2(F)CN(C(=O)O)C2)CC1. The van der Waals surface area contributed by atoms with Crippen molar-refractivity contribution in [2.24, 2.45) is 11.8 Å². The number of likely N-dealkylation sites (tertiary alicyclic amines) is 3. The van der Waals surface area contributed by atoms with Gasteiger partial charge in [-0.05, 0) is 109 Å². The minimum Gasteiger partial charge on any atom is -0.465 e. The van der Waals surface area contributed by atoms with Crippen LogP contribution in [-0.4, -0.2) is 102 Å². The van der Waals surface area contributed by atoms with Crippen LogP contribution in [0.15, 0.2) is 24.3 Å². The monoisotopic (exact) mass is 576 g/mol. The average molecular weight is 577 g/mol. The van der Waals surface area contributed by atoms with Gasteiger partial charge in [0.05, 0.1) is 13.1 Å². The third kappa shape index (κ3) is 6.63. The molecule has 228 valence electrons. The van der Waals surface area contributed by atoms with E-state index in [4.69, 9.17) is 9.84 Å². The van der Waals surface area contributed by atoms with E-state index in [-0.39, 0.29) is 48.7 Å². The van der Waals surface area contributed by atoms with E-state index in [1.54, 1.807) is 12.1 Å². The first-order valence-corrected chi connectivity index (χ1v) is 15.2. The highest BCUT2D eigenvalue weighted by atomic mass is 19.1. The van der Waals surface area contributed by atoms with Crippen molar-refractivity contribution in [3.05, 3.63) is 35.6 Å². The highest BCUT2D eigenvalue weighted by Crippen LogP contribution is 2.51. The van der Waals surface area contributed by atoms with Crippen molar-refractivity contribution in [1.29, 1.82) is 0 Å². The molecule has 1 aliphatic carbocycles. The smallest absolute Gasteiger partial charge is 0.407 e. The van der Waals surface area contributed by atoms with Crippen molar-refractivity contribution >= 4 is 12.2 Å². The molecule has 0 aromatic heterocycles. The Labute approximate surface area is 242 Å². The highest BCUT2D eigenvalue weighted by Gasteiger charge is 2.54. The Morgan fingerprint density at radius 3 is 2.34 bits per heavy atom. The van der Waals surface area contributed by atoms with Gasteiger partial charge in [0.2, 0.25) is 0 Å². The van der Waals surface area contributed by atoms with Crippen LogP contribution in [0.1, 0.15) is 64.9 Å². The van der Waals surface area contributed by atoms with E-state index >= 15 is 4.39 Å². The summed E-state index contributed by atoms with van der Waals surface area (Å²) in [6.07, 6.45) is 4.09. The topological polar surface area (TPSA) is 85.4 Å². The summed E-state index contributed by atoms with van der Waals surface area (Å²) in [5.41, 5.74) is -1.49. The number of hydrogen-bond donors (Lipinski definition) is 2. The maximum Gasteiger partial charge on any atom is 0.407 e. The fraction of sp³-hybridized carbons (Fsp3) is 0.742. The van der Waals surface area contributed by atoms with Gasteiger partial charge in [0.1, 0.15) is 11.4 Å². The Balaban J connectivity index is 1.40. The van der Waals surface area contributed by atoms with Crippen LogP contribution in [-0.2, 0) is 10.2 Å². The van der Waals surface area contributed by atoms with Crippen molar-refractivity contribution < 1.29 is 28.2 Å². The molecule has 8 nitrogen and oxygen atoms in total. The summed E-state index contributed by atoms with van der Waals surface area (Å²) in [4.78, 5) is 29.8. The number of benzene rings is 1. The molecule has 1 saturated carbocycles. The van der Waals surface area contributed by atoms with E-state index in [0.29, 0.717) is 13.1 Å². The first kappa shape index (κ1) is 30.0. The van der Waals surface area contributed by atoms with Crippen LogP contribution in [0, 0.1) is 17.7 Å². The normalized spacial score (nSPS) is 27.0. The molecule has 2 N–H and O–H groups in total. The summed E-state index contributed by atoms with van der Waals surface area (Å²) >= 11 is 0. The number of carbonyl (C=O) groups is 2.